The van der Waals surface area contributed by atoms with E-state index in [0.29, 0.717) is 5.76 Å². The highest BCUT2D eigenvalue weighted by Gasteiger charge is 2.22. The van der Waals surface area contributed by atoms with Gasteiger partial charge in [0.05, 0.1) is 6.20 Å². The summed E-state index contributed by atoms with van der Waals surface area (Å²) in [5, 5.41) is 14.8. The van der Waals surface area contributed by atoms with Crippen LogP contribution in [0.5, 0.6) is 0 Å². The fourth-order valence-electron chi connectivity index (χ4n) is 1.66. The van der Waals surface area contributed by atoms with Crippen molar-refractivity contribution in [2.45, 2.75) is 19.1 Å². The summed E-state index contributed by atoms with van der Waals surface area (Å²) >= 11 is 0. The second kappa shape index (κ2) is 7.09. The summed E-state index contributed by atoms with van der Waals surface area (Å²) in [6.45, 7) is 0.0708. The average molecular weight is 290 g/mol. The van der Waals surface area contributed by atoms with Gasteiger partial charge in [-0.2, -0.15) is 0 Å². The topological polar surface area (TPSA) is 102 Å². The summed E-state index contributed by atoms with van der Waals surface area (Å²) in [5.74, 6) is -0.811. The number of nitrogens with one attached hydrogen (secondary N) is 1. The van der Waals surface area contributed by atoms with Gasteiger partial charge in [0.2, 0.25) is 0 Å². The molecule has 7 heteroatoms. The molecule has 0 spiro atoms. The Bertz CT molecular complexity index is 583. The molecule has 1 atom stereocenters. The minimum atomic E-state index is -1.18. The highest BCUT2D eigenvalue weighted by Crippen LogP contribution is 2.04. The molecule has 0 radical (unpaired) electrons. The summed E-state index contributed by atoms with van der Waals surface area (Å²) < 4.78 is 9.79. The van der Waals surface area contributed by atoms with E-state index in [-0.39, 0.29) is 13.0 Å². The summed E-state index contributed by atoms with van der Waals surface area (Å²) in [7, 11) is 0. The molecule has 2 rings (SSSR count). The van der Waals surface area contributed by atoms with Gasteiger partial charge in [-0.05, 0) is 5.56 Å². The van der Waals surface area contributed by atoms with Gasteiger partial charge in [-0.1, -0.05) is 35.5 Å². The summed E-state index contributed by atoms with van der Waals surface area (Å²) in [6.07, 6.45) is 0.600. The first-order valence-electron chi connectivity index (χ1n) is 6.24. The Balaban J connectivity index is 1.85. The molecule has 2 N–H and O–H groups in total. The predicted octanol–water partition coefficient (Wildman–Crippen LogP) is 1.60. The Labute approximate surface area is 120 Å². The van der Waals surface area contributed by atoms with Gasteiger partial charge in [-0.15, -0.1) is 0 Å². The van der Waals surface area contributed by atoms with Crippen molar-refractivity contribution in [2.75, 3.05) is 0 Å². The molecule has 1 unspecified atom stereocenters. The minimum absolute atomic E-state index is 0.00420. The largest absolute Gasteiger partial charge is 0.480 e. The smallest absolute Gasteiger partial charge is 0.408 e. The fourth-order valence-corrected chi connectivity index (χ4v) is 1.66. The second-order valence-corrected chi connectivity index (χ2v) is 4.28. The number of alkyl carbamates (subject to hydrolysis) is 1. The Kier molecular flexibility index (Phi) is 4.92. The number of carboxylic acids is 1. The van der Waals surface area contributed by atoms with E-state index in [2.05, 4.69) is 10.5 Å². The number of benzene rings is 1. The number of nitrogens with zero attached hydrogens (tertiary/aromatic N) is 1. The number of carbonyl (C=O) groups excluding carboxylic acids is 1. The van der Waals surface area contributed by atoms with E-state index in [9.17, 15) is 9.59 Å². The van der Waals surface area contributed by atoms with Gasteiger partial charge in [0.25, 0.3) is 0 Å². The van der Waals surface area contributed by atoms with Crippen molar-refractivity contribution >= 4 is 12.1 Å². The molecule has 1 amide bonds. The lowest BCUT2D eigenvalue weighted by Gasteiger charge is -2.13. The van der Waals surface area contributed by atoms with Crippen LogP contribution in [0.25, 0.3) is 0 Å². The molecule has 0 aliphatic rings. The summed E-state index contributed by atoms with van der Waals surface area (Å²) in [5.41, 5.74) is 0.815. The number of hydrogen-bond acceptors (Lipinski definition) is 5. The molecule has 0 bridgehead atoms. The molecular weight excluding hydrogens is 276 g/mol. The highest BCUT2D eigenvalue weighted by atomic mass is 16.5. The van der Waals surface area contributed by atoms with Gasteiger partial charge in [0, 0.05) is 12.5 Å². The second-order valence-electron chi connectivity index (χ2n) is 4.28. The Hall–Kier alpha value is -2.83. The third kappa shape index (κ3) is 4.64. The van der Waals surface area contributed by atoms with Crippen LogP contribution in [0.1, 0.15) is 11.3 Å². The number of rotatable bonds is 6. The maximum absolute atomic E-state index is 11.6. The van der Waals surface area contributed by atoms with Gasteiger partial charge in [-0.3, -0.25) is 0 Å². The number of carboxylic acid groups (broad SMARTS) is 1. The van der Waals surface area contributed by atoms with Crippen LogP contribution in [0.2, 0.25) is 0 Å². The standard InChI is InChI=1S/C14H14N2O5/c17-13(18)12(8-11-6-7-15-21-11)16-14(19)20-9-10-4-2-1-3-5-10/h1-7,12H,8-9H2,(H,16,19)(H,17,18). The molecule has 1 aromatic carbocycles. The van der Waals surface area contributed by atoms with Crippen molar-refractivity contribution in [1.82, 2.24) is 10.5 Å². The van der Waals surface area contributed by atoms with Gasteiger partial charge >= 0.3 is 12.1 Å². The molecular formula is C14H14N2O5. The molecule has 0 aliphatic heterocycles. The van der Waals surface area contributed by atoms with Crippen LogP contribution in [-0.4, -0.2) is 28.4 Å². The Morgan fingerprint density at radius 1 is 1.29 bits per heavy atom. The van der Waals surface area contributed by atoms with E-state index in [4.69, 9.17) is 14.4 Å². The van der Waals surface area contributed by atoms with Crippen LogP contribution in [0.3, 0.4) is 0 Å². The quantitative estimate of drug-likeness (QED) is 0.837. The van der Waals surface area contributed by atoms with Gasteiger partial charge in [0.1, 0.15) is 18.4 Å². The van der Waals surface area contributed by atoms with Crippen LogP contribution in [-0.2, 0) is 22.6 Å². The van der Waals surface area contributed by atoms with Gasteiger partial charge < -0.3 is 19.7 Å². The normalized spacial score (nSPS) is 11.6. The van der Waals surface area contributed by atoms with Crippen LogP contribution in [0, 0.1) is 0 Å². The minimum Gasteiger partial charge on any atom is -0.480 e. The first-order valence-corrected chi connectivity index (χ1v) is 6.24. The third-order valence-electron chi connectivity index (χ3n) is 2.70. The summed E-state index contributed by atoms with van der Waals surface area (Å²) in [4.78, 5) is 22.7. The average Bonchev–Trinajstić information content (AvgIpc) is 2.98. The van der Waals surface area contributed by atoms with E-state index >= 15 is 0 Å². The molecule has 1 aromatic heterocycles. The van der Waals surface area contributed by atoms with Crippen LogP contribution >= 0.6 is 0 Å². The highest BCUT2D eigenvalue weighted by molar-refractivity contribution is 5.80. The molecule has 110 valence electrons. The number of carbonyl (C=O) groups is 2. The van der Waals surface area contributed by atoms with Crippen molar-refractivity contribution in [1.29, 1.82) is 0 Å². The lowest BCUT2D eigenvalue weighted by Crippen LogP contribution is -2.42. The molecule has 0 aliphatic carbocycles. The zero-order chi connectivity index (χ0) is 15.1. The number of aliphatic carboxylic acids is 1. The fraction of sp³-hybridized carbons (Fsp3) is 0.214. The van der Waals surface area contributed by atoms with Crippen molar-refractivity contribution < 1.29 is 24.0 Å². The van der Waals surface area contributed by atoms with Crippen LogP contribution < -0.4 is 5.32 Å². The maximum atomic E-state index is 11.6. The number of ether oxygens (including phenoxy) is 1. The zero-order valence-electron chi connectivity index (χ0n) is 11.1. The maximum Gasteiger partial charge on any atom is 0.408 e. The van der Waals surface area contributed by atoms with Gasteiger partial charge in [-0.25, -0.2) is 9.59 Å². The molecule has 0 saturated carbocycles. The first-order chi connectivity index (χ1) is 10.1. The van der Waals surface area contributed by atoms with Crippen molar-refractivity contribution in [2.24, 2.45) is 0 Å². The van der Waals surface area contributed by atoms with Crippen LogP contribution in [0.15, 0.2) is 47.1 Å². The summed E-state index contributed by atoms with van der Waals surface area (Å²) in [6, 6.07) is 9.49. The zero-order valence-corrected chi connectivity index (χ0v) is 11.1. The van der Waals surface area contributed by atoms with Crippen molar-refractivity contribution in [3.63, 3.8) is 0 Å². The number of amides is 1. The van der Waals surface area contributed by atoms with E-state index < -0.39 is 18.1 Å². The lowest BCUT2D eigenvalue weighted by molar-refractivity contribution is -0.139. The Morgan fingerprint density at radius 3 is 2.67 bits per heavy atom. The molecule has 0 saturated heterocycles. The van der Waals surface area contributed by atoms with E-state index in [1.807, 2.05) is 18.2 Å². The first kappa shape index (κ1) is 14.6. The van der Waals surface area contributed by atoms with E-state index in [1.165, 1.54) is 12.3 Å². The van der Waals surface area contributed by atoms with Crippen LogP contribution in [0.4, 0.5) is 4.79 Å². The van der Waals surface area contributed by atoms with Crippen molar-refractivity contribution in [3.8, 4) is 0 Å². The number of aromatic nitrogens is 1. The number of hydrogen-bond donors (Lipinski definition) is 2. The monoisotopic (exact) mass is 290 g/mol. The SMILES string of the molecule is O=C(NC(Cc1ccno1)C(=O)O)OCc1ccccc1. The lowest BCUT2D eigenvalue weighted by atomic mass is 10.2. The molecule has 0 fully saturated rings. The molecule has 7 nitrogen and oxygen atoms in total. The molecule has 1 heterocycles. The predicted molar refractivity (Wildman–Crippen MR) is 71.4 cm³/mol. The van der Waals surface area contributed by atoms with Crippen molar-refractivity contribution in [3.05, 3.63) is 53.9 Å². The molecule has 21 heavy (non-hydrogen) atoms. The Morgan fingerprint density at radius 2 is 2.05 bits per heavy atom. The van der Waals surface area contributed by atoms with E-state index in [0.717, 1.165) is 5.56 Å². The van der Waals surface area contributed by atoms with Gasteiger partial charge in [0.15, 0.2) is 0 Å². The third-order valence-corrected chi connectivity index (χ3v) is 2.70. The molecule has 2 aromatic rings. The van der Waals surface area contributed by atoms with E-state index in [1.54, 1.807) is 12.1 Å².